The molecule has 4 N–H and O–H groups in total. The summed E-state index contributed by atoms with van der Waals surface area (Å²) in [7, 11) is 1.57. The number of primary amides is 1. The first-order valence-electron chi connectivity index (χ1n) is 8.01. The zero-order valence-corrected chi connectivity index (χ0v) is 18.3. The quantitative estimate of drug-likeness (QED) is 0.507. The van der Waals surface area contributed by atoms with Gasteiger partial charge in [-0.05, 0) is 49.8 Å². The highest BCUT2D eigenvalue weighted by Crippen LogP contribution is 2.37. The second kappa shape index (κ2) is 8.04. The van der Waals surface area contributed by atoms with Gasteiger partial charge in [-0.15, -0.1) is 22.7 Å². The molecule has 2 aromatic heterocycles. The number of nitrogens with two attached hydrogens (primary N) is 1. The van der Waals surface area contributed by atoms with E-state index in [0.29, 0.717) is 26.2 Å². The Kier molecular flexibility index (Phi) is 5.90. The van der Waals surface area contributed by atoms with Gasteiger partial charge >= 0.3 is 0 Å². The number of nitrogens with one attached hydrogen (secondary N) is 2. The minimum atomic E-state index is -0.556. The van der Waals surface area contributed by atoms with E-state index < -0.39 is 11.8 Å². The van der Waals surface area contributed by atoms with Gasteiger partial charge in [-0.1, -0.05) is 11.6 Å². The van der Waals surface area contributed by atoms with Crippen LogP contribution >= 0.6 is 46.5 Å². The monoisotopic (exact) mass is 453 g/mol. The summed E-state index contributed by atoms with van der Waals surface area (Å²) in [4.78, 5) is 25.6. The van der Waals surface area contributed by atoms with Crippen LogP contribution in [0.3, 0.4) is 0 Å². The molecule has 0 bridgehead atoms. The second-order valence-corrected chi connectivity index (χ2v) is 8.93. The Morgan fingerprint density at radius 3 is 2.61 bits per heavy atom. The van der Waals surface area contributed by atoms with Gasteiger partial charge in [-0.2, -0.15) is 0 Å². The third-order valence-corrected chi connectivity index (χ3v) is 7.11. The fourth-order valence-corrected chi connectivity index (χ4v) is 5.39. The molecule has 146 valence electrons. The number of hydrogen-bond donors (Lipinski definition) is 3. The van der Waals surface area contributed by atoms with Gasteiger partial charge in [0.2, 0.25) is 0 Å². The number of halogens is 1. The van der Waals surface area contributed by atoms with Crippen molar-refractivity contribution in [3.8, 4) is 5.75 Å². The van der Waals surface area contributed by atoms with E-state index in [9.17, 15) is 9.59 Å². The summed E-state index contributed by atoms with van der Waals surface area (Å²) >= 11 is 14.2. The van der Waals surface area contributed by atoms with Crippen LogP contribution < -0.4 is 21.1 Å². The number of hydrogen-bond acceptors (Lipinski definition) is 6. The van der Waals surface area contributed by atoms with Gasteiger partial charge in [0, 0.05) is 15.0 Å². The van der Waals surface area contributed by atoms with Gasteiger partial charge in [0.1, 0.15) is 15.6 Å². The normalized spacial score (nSPS) is 10.7. The molecule has 3 aromatic rings. The minimum absolute atomic E-state index is 0.0554. The number of amides is 2. The molecule has 10 heteroatoms. The van der Waals surface area contributed by atoms with Gasteiger partial charge in [-0.25, -0.2) is 0 Å². The standard InChI is InChI=1S/C18H16ClN3O3S3/c1-7-8(2)27-17(12(7)15(20)23)22-18(26)21-16(24)14-13(19)10-5-4-9(25-3)6-11(10)28-14/h4-6H,1-3H3,(H2,20,23)(H2,21,22,24,26). The largest absolute Gasteiger partial charge is 0.497 e. The first-order chi connectivity index (χ1) is 13.2. The van der Waals surface area contributed by atoms with Crippen molar-refractivity contribution in [2.45, 2.75) is 13.8 Å². The summed E-state index contributed by atoms with van der Waals surface area (Å²) in [5, 5.41) is 7.15. The maximum absolute atomic E-state index is 12.6. The highest BCUT2D eigenvalue weighted by molar-refractivity contribution is 7.80. The molecular formula is C18H16ClN3O3S3. The van der Waals surface area contributed by atoms with Crippen molar-refractivity contribution >= 4 is 78.5 Å². The number of thiocarbonyl (C=S) groups is 1. The molecule has 0 aliphatic rings. The van der Waals surface area contributed by atoms with Crippen molar-refractivity contribution in [1.82, 2.24) is 5.32 Å². The summed E-state index contributed by atoms with van der Waals surface area (Å²) in [6.07, 6.45) is 0. The Morgan fingerprint density at radius 2 is 1.96 bits per heavy atom. The van der Waals surface area contributed by atoms with Crippen LogP contribution in [0.2, 0.25) is 5.02 Å². The van der Waals surface area contributed by atoms with Gasteiger partial charge < -0.3 is 15.8 Å². The lowest BCUT2D eigenvalue weighted by atomic mass is 10.1. The van der Waals surface area contributed by atoms with Crippen LogP contribution in [-0.4, -0.2) is 24.0 Å². The van der Waals surface area contributed by atoms with Crippen molar-refractivity contribution in [3.63, 3.8) is 0 Å². The number of ether oxygens (including phenoxy) is 1. The summed E-state index contributed by atoms with van der Waals surface area (Å²) in [6.45, 7) is 3.69. The molecule has 28 heavy (non-hydrogen) atoms. The molecule has 2 heterocycles. The molecule has 0 aliphatic heterocycles. The number of rotatable bonds is 4. The molecule has 3 rings (SSSR count). The average molecular weight is 454 g/mol. The molecule has 1 aromatic carbocycles. The topological polar surface area (TPSA) is 93.4 Å². The second-order valence-electron chi connectivity index (χ2n) is 5.87. The van der Waals surface area contributed by atoms with Crippen LogP contribution in [0.1, 0.15) is 30.5 Å². The third kappa shape index (κ3) is 3.83. The molecule has 6 nitrogen and oxygen atoms in total. The maximum Gasteiger partial charge on any atom is 0.269 e. The maximum atomic E-state index is 12.6. The Morgan fingerprint density at radius 1 is 1.25 bits per heavy atom. The highest BCUT2D eigenvalue weighted by atomic mass is 35.5. The Bertz CT molecular complexity index is 1120. The SMILES string of the molecule is COc1ccc2c(Cl)c(C(=O)NC(=S)Nc3sc(C)c(C)c3C(N)=O)sc2c1. The van der Waals surface area contributed by atoms with E-state index in [4.69, 9.17) is 34.3 Å². The summed E-state index contributed by atoms with van der Waals surface area (Å²) in [5.74, 6) is -0.315. The van der Waals surface area contributed by atoms with Gasteiger partial charge in [0.05, 0.1) is 17.7 Å². The predicted octanol–water partition coefficient (Wildman–Crippen LogP) is 4.47. The predicted molar refractivity (Wildman–Crippen MR) is 119 cm³/mol. The van der Waals surface area contributed by atoms with Crippen molar-refractivity contribution in [2.24, 2.45) is 5.73 Å². The van der Waals surface area contributed by atoms with E-state index in [-0.39, 0.29) is 5.11 Å². The number of benzene rings is 1. The molecule has 2 amide bonds. The molecule has 0 spiro atoms. The molecule has 0 atom stereocenters. The molecular weight excluding hydrogens is 438 g/mol. The molecule has 0 aliphatic carbocycles. The van der Waals surface area contributed by atoms with E-state index >= 15 is 0 Å². The fourth-order valence-electron chi connectivity index (χ4n) is 2.62. The number of carbonyl (C=O) groups excluding carboxylic acids is 2. The highest BCUT2D eigenvalue weighted by Gasteiger charge is 2.21. The zero-order chi connectivity index (χ0) is 20.6. The smallest absolute Gasteiger partial charge is 0.269 e. The van der Waals surface area contributed by atoms with E-state index in [1.165, 1.54) is 22.7 Å². The van der Waals surface area contributed by atoms with Crippen LogP contribution in [0.25, 0.3) is 10.1 Å². The van der Waals surface area contributed by atoms with Gasteiger partial charge in [0.25, 0.3) is 11.8 Å². The van der Waals surface area contributed by atoms with E-state index in [1.54, 1.807) is 19.2 Å². The summed E-state index contributed by atoms with van der Waals surface area (Å²) < 4.78 is 6.03. The van der Waals surface area contributed by atoms with Crippen LogP contribution in [0.4, 0.5) is 5.00 Å². The summed E-state index contributed by atoms with van der Waals surface area (Å²) in [5.41, 5.74) is 6.61. The molecule has 0 radical (unpaired) electrons. The Balaban J connectivity index is 1.81. The lowest BCUT2D eigenvalue weighted by Gasteiger charge is -2.09. The van der Waals surface area contributed by atoms with Crippen LogP contribution in [0, 0.1) is 13.8 Å². The lowest BCUT2D eigenvalue weighted by molar-refractivity contribution is 0.0979. The number of anilines is 1. The summed E-state index contributed by atoms with van der Waals surface area (Å²) in [6, 6.07) is 5.40. The molecule has 0 unspecified atom stereocenters. The lowest BCUT2D eigenvalue weighted by Crippen LogP contribution is -2.34. The van der Waals surface area contributed by atoms with Crippen molar-refractivity contribution in [2.75, 3.05) is 12.4 Å². The number of methoxy groups -OCH3 is 1. The van der Waals surface area contributed by atoms with Crippen LogP contribution in [0.15, 0.2) is 18.2 Å². The Hall–Kier alpha value is -2.20. The Labute approximate surface area is 179 Å². The molecule has 0 saturated carbocycles. The molecule has 0 fully saturated rings. The van der Waals surface area contributed by atoms with Gasteiger partial charge in [-0.3, -0.25) is 14.9 Å². The van der Waals surface area contributed by atoms with E-state index in [1.807, 2.05) is 19.9 Å². The third-order valence-electron chi connectivity index (χ3n) is 4.13. The first-order valence-corrected chi connectivity index (χ1v) is 10.4. The first kappa shape index (κ1) is 20.5. The number of aryl methyl sites for hydroxylation is 1. The van der Waals surface area contributed by atoms with Crippen LogP contribution in [0.5, 0.6) is 5.75 Å². The number of thiophene rings is 2. The van der Waals surface area contributed by atoms with Crippen LogP contribution in [-0.2, 0) is 0 Å². The van der Waals surface area contributed by atoms with Crippen molar-refractivity contribution in [3.05, 3.63) is 44.1 Å². The van der Waals surface area contributed by atoms with Gasteiger partial charge in [0.15, 0.2) is 5.11 Å². The minimum Gasteiger partial charge on any atom is -0.497 e. The number of carbonyl (C=O) groups is 2. The van der Waals surface area contributed by atoms with E-state index in [2.05, 4.69) is 10.6 Å². The molecule has 0 saturated heterocycles. The van der Waals surface area contributed by atoms with E-state index in [0.717, 1.165) is 20.5 Å². The van der Waals surface area contributed by atoms with Crippen molar-refractivity contribution < 1.29 is 14.3 Å². The fraction of sp³-hybridized carbons (Fsp3) is 0.167. The number of fused-ring (bicyclic) bond motifs is 1. The average Bonchev–Trinajstić information content (AvgIpc) is 3.11. The zero-order valence-electron chi connectivity index (χ0n) is 15.1. The van der Waals surface area contributed by atoms with Crippen molar-refractivity contribution in [1.29, 1.82) is 0 Å².